The van der Waals surface area contributed by atoms with Crippen LogP contribution in [-0.2, 0) is 14.3 Å². The summed E-state index contributed by atoms with van der Waals surface area (Å²) in [5.41, 5.74) is -0.828. The predicted octanol–water partition coefficient (Wildman–Crippen LogP) is 2.88. The van der Waals surface area contributed by atoms with Crippen molar-refractivity contribution in [2.24, 2.45) is 11.3 Å². The molecule has 2 rings (SSSR count). The first-order valence-corrected chi connectivity index (χ1v) is 7.73. The van der Waals surface area contributed by atoms with Gasteiger partial charge >= 0.3 is 5.97 Å². The molecule has 0 bridgehead atoms. The number of likely N-dealkylation sites (tertiary alicyclic amines) is 1. The lowest BCUT2D eigenvalue weighted by Crippen LogP contribution is -2.47. The zero-order valence-electron chi connectivity index (χ0n) is 12.6. The Morgan fingerprint density at radius 1 is 1.62 bits per heavy atom. The molecule has 2 aliphatic rings. The number of carbonyl (C=O) groups is 2. The summed E-state index contributed by atoms with van der Waals surface area (Å²) in [5, 5.41) is 0.525. The predicted molar refractivity (Wildman–Crippen MR) is 81.7 cm³/mol. The first-order chi connectivity index (χ1) is 9.94. The number of carbonyl (C=O) groups excluding carboxylic acids is 2. The van der Waals surface area contributed by atoms with Crippen molar-refractivity contribution in [2.75, 3.05) is 13.7 Å². The summed E-state index contributed by atoms with van der Waals surface area (Å²) in [7, 11) is 1.38. The standard InChI is InChI=1S/C16H22ClNO3/c1-4-12-5-7-16(15(20)21-3)10-14(19)18(13(16)9-12)8-6-11(2)17/h5,7,12-13H,2,4,6,8-10H2,1,3H3/t12?,13-,16+/m1/s1. The van der Waals surface area contributed by atoms with Crippen LogP contribution in [0.25, 0.3) is 0 Å². The number of methoxy groups -OCH3 is 1. The molecule has 0 saturated carbocycles. The van der Waals surface area contributed by atoms with Crippen LogP contribution < -0.4 is 0 Å². The number of nitrogens with zero attached hydrogens (tertiary/aromatic N) is 1. The second-order valence-corrected chi connectivity index (χ2v) is 6.38. The molecule has 21 heavy (non-hydrogen) atoms. The van der Waals surface area contributed by atoms with E-state index in [1.807, 2.05) is 6.08 Å². The van der Waals surface area contributed by atoms with Crippen molar-refractivity contribution in [1.82, 2.24) is 4.90 Å². The summed E-state index contributed by atoms with van der Waals surface area (Å²) < 4.78 is 4.97. The van der Waals surface area contributed by atoms with Gasteiger partial charge in [0.15, 0.2) is 0 Å². The Bertz CT molecular complexity index is 488. The second-order valence-electron chi connectivity index (χ2n) is 5.84. The first kappa shape index (κ1) is 16.1. The first-order valence-electron chi connectivity index (χ1n) is 7.35. The molecule has 0 aromatic carbocycles. The van der Waals surface area contributed by atoms with Gasteiger partial charge in [0.05, 0.1) is 13.2 Å². The van der Waals surface area contributed by atoms with Crippen molar-refractivity contribution in [3.8, 4) is 0 Å². The number of halogens is 1. The highest BCUT2D eigenvalue weighted by Crippen LogP contribution is 2.47. The number of amides is 1. The smallest absolute Gasteiger partial charge is 0.318 e. The normalized spacial score (nSPS) is 31.2. The molecular weight excluding hydrogens is 290 g/mol. The lowest BCUT2D eigenvalue weighted by atomic mass is 9.71. The number of hydrogen-bond donors (Lipinski definition) is 0. The highest BCUT2D eigenvalue weighted by atomic mass is 35.5. The Balaban J connectivity index is 2.31. The maximum absolute atomic E-state index is 12.4. The molecule has 1 unspecified atom stereocenters. The molecular formula is C16H22ClNO3. The third-order valence-electron chi connectivity index (χ3n) is 4.64. The molecule has 0 aromatic heterocycles. The van der Waals surface area contributed by atoms with Gasteiger partial charge < -0.3 is 9.64 Å². The zero-order chi connectivity index (χ0) is 15.6. The third kappa shape index (κ3) is 2.86. The highest BCUT2D eigenvalue weighted by Gasteiger charge is 2.57. The molecule has 5 heteroatoms. The minimum atomic E-state index is -0.828. The van der Waals surface area contributed by atoms with Crippen molar-refractivity contribution in [3.63, 3.8) is 0 Å². The second kappa shape index (κ2) is 6.22. The number of allylic oxidation sites excluding steroid dienone is 1. The van der Waals surface area contributed by atoms with Gasteiger partial charge in [-0.2, -0.15) is 0 Å². The summed E-state index contributed by atoms with van der Waals surface area (Å²) in [5.74, 6) is 0.0592. The number of esters is 1. The summed E-state index contributed by atoms with van der Waals surface area (Å²) in [6.45, 7) is 6.29. The van der Waals surface area contributed by atoms with Crippen molar-refractivity contribution >= 4 is 23.5 Å². The van der Waals surface area contributed by atoms with Crippen molar-refractivity contribution in [1.29, 1.82) is 0 Å². The monoisotopic (exact) mass is 311 g/mol. The molecule has 1 aliphatic heterocycles. The zero-order valence-corrected chi connectivity index (χ0v) is 13.4. The van der Waals surface area contributed by atoms with Gasteiger partial charge in [-0.25, -0.2) is 0 Å². The van der Waals surface area contributed by atoms with Gasteiger partial charge in [-0.3, -0.25) is 9.59 Å². The van der Waals surface area contributed by atoms with Crippen LogP contribution in [0.1, 0.15) is 32.6 Å². The quantitative estimate of drug-likeness (QED) is 0.579. The highest BCUT2D eigenvalue weighted by molar-refractivity contribution is 6.29. The molecule has 1 saturated heterocycles. The van der Waals surface area contributed by atoms with E-state index in [0.717, 1.165) is 12.8 Å². The Hall–Kier alpha value is -1.29. The molecule has 1 aliphatic carbocycles. The van der Waals surface area contributed by atoms with E-state index in [0.29, 0.717) is 23.9 Å². The molecule has 3 atom stereocenters. The van der Waals surface area contributed by atoms with Crippen LogP contribution in [0.5, 0.6) is 0 Å². The van der Waals surface area contributed by atoms with E-state index in [-0.39, 0.29) is 24.3 Å². The van der Waals surface area contributed by atoms with Gasteiger partial charge in [0.2, 0.25) is 5.91 Å². The van der Waals surface area contributed by atoms with Crippen LogP contribution in [-0.4, -0.2) is 36.5 Å². The van der Waals surface area contributed by atoms with E-state index in [1.54, 1.807) is 4.90 Å². The van der Waals surface area contributed by atoms with Crippen LogP contribution in [0.3, 0.4) is 0 Å². The molecule has 1 heterocycles. The van der Waals surface area contributed by atoms with Crippen molar-refractivity contribution in [3.05, 3.63) is 23.8 Å². The molecule has 0 aromatic rings. The largest absolute Gasteiger partial charge is 0.468 e. The maximum Gasteiger partial charge on any atom is 0.318 e. The van der Waals surface area contributed by atoms with E-state index < -0.39 is 5.41 Å². The summed E-state index contributed by atoms with van der Waals surface area (Å²) >= 11 is 5.82. The van der Waals surface area contributed by atoms with E-state index in [4.69, 9.17) is 16.3 Å². The van der Waals surface area contributed by atoms with Crippen LogP contribution >= 0.6 is 11.6 Å². The molecule has 0 N–H and O–H groups in total. The Kier molecular flexibility index (Phi) is 4.77. The fourth-order valence-electron chi connectivity index (χ4n) is 3.39. The SMILES string of the molecule is C=C(Cl)CCN1C(=O)C[C@@]2(C(=O)OC)C=CC(CC)C[C@@H]12. The fraction of sp³-hybridized carbons (Fsp3) is 0.625. The lowest BCUT2D eigenvalue weighted by molar-refractivity contribution is -0.151. The third-order valence-corrected chi connectivity index (χ3v) is 4.83. The van der Waals surface area contributed by atoms with Gasteiger partial charge in [-0.15, -0.1) is 0 Å². The molecule has 1 fully saturated rings. The van der Waals surface area contributed by atoms with Crippen LogP contribution in [0.15, 0.2) is 23.8 Å². The molecule has 0 spiro atoms. The van der Waals surface area contributed by atoms with Gasteiger partial charge in [-0.05, 0) is 18.8 Å². The van der Waals surface area contributed by atoms with Crippen LogP contribution in [0.2, 0.25) is 0 Å². The van der Waals surface area contributed by atoms with E-state index >= 15 is 0 Å². The Morgan fingerprint density at radius 3 is 2.90 bits per heavy atom. The van der Waals surface area contributed by atoms with E-state index in [1.165, 1.54) is 7.11 Å². The lowest BCUT2D eigenvalue weighted by Gasteiger charge is -2.38. The fourth-order valence-corrected chi connectivity index (χ4v) is 3.48. The summed E-state index contributed by atoms with van der Waals surface area (Å²) in [6, 6.07) is -0.136. The van der Waals surface area contributed by atoms with Gasteiger partial charge in [0.25, 0.3) is 0 Å². The van der Waals surface area contributed by atoms with Crippen molar-refractivity contribution < 1.29 is 14.3 Å². The maximum atomic E-state index is 12.4. The van der Waals surface area contributed by atoms with E-state index in [2.05, 4.69) is 19.6 Å². The van der Waals surface area contributed by atoms with E-state index in [9.17, 15) is 9.59 Å². The van der Waals surface area contributed by atoms with Crippen molar-refractivity contribution in [2.45, 2.75) is 38.6 Å². The number of hydrogen-bond acceptors (Lipinski definition) is 3. The molecule has 0 radical (unpaired) electrons. The minimum Gasteiger partial charge on any atom is -0.468 e. The molecule has 4 nitrogen and oxygen atoms in total. The van der Waals surface area contributed by atoms with Gasteiger partial charge in [0, 0.05) is 24.4 Å². The molecule has 116 valence electrons. The summed E-state index contributed by atoms with van der Waals surface area (Å²) in [6.07, 6.45) is 6.48. The van der Waals surface area contributed by atoms with Gasteiger partial charge in [-0.1, -0.05) is 37.3 Å². The summed E-state index contributed by atoms with van der Waals surface area (Å²) in [4.78, 5) is 26.5. The Labute approximate surface area is 130 Å². The van der Waals surface area contributed by atoms with Gasteiger partial charge in [0.1, 0.15) is 5.41 Å². The number of rotatable bonds is 5. The van der Waals surface area contributed by atoms with Crippen LogP contribution in [0, 0.1) is 11.3 Å². The Morgan fingerprint density at radius 2 is 2.33 bits per heavy atom. The molecule has 1 amide bonds. The topological polar surface area (TPSA) is 46.6 Å². The average Bonchev–Trinajstić information content (AvgIpc) is 2.75. The van der Waals surface area contributed by atoms with Crippen LogP contribution in [0.4, 0.5) is 0 Å². The number of fused-ring (bicyclic) bond motifs is 1. The average molecular weight is 312 g/mol. The minimum absolute atomic E-state index is 0.00952. The number of ether oxygens (including phenoxy) is 1.